The van der Waals surface area contributed by atoms with Gasteiger partial charge in [0.2, 0.25) is 0 Å². The molecule has 2 nitrogen and oxygen atoms in total. The SMILES string of the molecule is CC(C)Cc1ccc(CNN2CCCCC2)cc1. The molecule has 0 radical (unpaired) electrons. The van der Waals surface area contributed by atoms with Gasteiger partial charge in [-0.2, -0.15) is 0 Å². The number of hydrogen-bond acceptors (Lipinski definition) is 2. The Morgan fingerprint density at radius 1 is 1.00 bits per heavy atom. The Labute approximate surface area is 111 Å². The van der Waals surface area contributed by atoms with Crippen molar-refractivity contribution in [2.75, 3.05) is 13.1 Å². The van der Waals surface area contributed by atoms with Gasteiger partial charge in [0.15, 0.2) is 0 Å². The third-order valence-corrected chi connectivity index (χ3v) is 3.53. The highest BCUT2D eigenvalue weighted by Gasteiger charge is 2.08. The highest BCUT2D eigenvalue weighted by molar-refractivity contribution is 5.22. The largest absolute Gasteiger partial charge is 0.251 e. The van der Waals surface area contributed by atoms with E-state index in [-0.39, 0.29) is 0 Å². The molecule has 1 aliphatic rings. The molecule has 0 atom stereocenters. The number of rotatable bonds is 5. The van der Waals surface area contributed by atoms with E-state index in [1.165, 1.54) is 49.9 Å². The van der Waals surface area contributed by atoms with Gasteiger partial charge in [-0.15, -0.1) is 0 Å². The van der Waals surface area contributed by atoms with E-state index < -0.39 is 0 Å². The van der Waals surface area contributed by atoms with Crippen LogP contribution in [0, 0.1) is 5.92 Å². The summed E-state index contributed by atoms with van der Waals surface area (Å²) in [4.78, 5) is 0. The Bertz CT molecular complexity index is 337. The van der Waals surface area contributed by atoms with Crippen molar-refractivity contribution in [2.24, 2.45) is 5.92 Å². The number of nitrogens with zero attached hydrogens (tertiary/aromatic N) is 1. The van der Waals surface area contributed by atoms with Crippen LogP contribution in [0.15, 0.2) is 24.3 Å². The van der Waals surface area contributed by atoms with Gasteiger partial charge in [-0.05, 0) is 36.3 Å². The minimum Gasteiger partial charge on any atom is -0.251 e. The molecule has 2 rings (SSSR count). The Balaban J connectivity index is 1.78. The first kappa shape index (κ1) is 13.6. The molecule has 100 valence electrons. The predicted molar refractivity (Wildman–Crippen MR) is 77.2 cm³/mol. The molecule has 1 aromatic rings. The molecule has 0 spiro atoms. The average molecular weight is 246 g/mol. The molecule has 1 aromatic carbocycles. The summed E-state index contributed by atoms with van der Waals surface area (Å²) in [7, 11) is 0. The van der Waals surface area contributed by atoms with Gasteiger partial charge in [0.05, 0.1) is 0 Å². The fraction of sp³-hybridized carbons (Fsp3) is 0.625. The van der Waals surface area contributed by atoms with Crippen molar-refractivity contribution in [3.8, 4) is 0 Å². The zero-order valence-corrected chi connectivity index (χ0v) is 11.8. The predicted octanol–water partition coefficient (Wildman–Crippen LogP) is 3.38. The summed E-state index contributed by atoms with van der Waals surface area (Å²) in [5.74, 6) is 0.738. The van der Waals surface area contributed by atoms with Crippen molar-refractivity contribution in [1.29, 1.82) is 0 Å². The Hall–Kier alpha value is -0.860. The maximum atomic E-state index is 3.53. The van der Waals surface area contributed by atoms with E-state index in [2.05, 4.69) is 48.5 Å². The third-order valence-electron chi connectivity index (χ3n) is 3.53. The fourth-order valence-corrected chi connectivity index (χ4v) is 2.52. The van der Waals surface area contributed by atoms with Crippen molar-refractivity contribution < 1.29 is 0 Å². The highest BCUT2D eigenvalue weighted by Crippen LogP contribution is 2.11. The van der Waals surface area contributed by atoms with Gasteiger partial charge in [0, 0.05) is 19.6 Å². The summed E-state index contributed by atoms with van der Waals surface area (Å²) in [6.45, 7) is 7.90. The van der Waals surface area contributed by atoms with Crippen LogP contribution < -0.4 is 5.43 Å². The summed E-state index contributed by atoms with van der Waals surface area (Å²) in [6, 6.07) is 9.06. The molecule has 0 amide bonds. The van der Waals surface area contributed by atoms with Gasteiger partial charge >= 0.3 is 0 Å². The second-order valence-corrected chi connectivity index (χ2v) is 5.80. The topological polar surface area (TPSA) is 15.3 Å². The summed E-state index contributed by atoms with van der Waals surface area (Å²) >= 11 is 0. The molecular formula is C16H26N2. The van der Waals surface area contributed by atoms with E-state index in [4.69, 9.17) is 0 Å². The second-order valence-electron chi connectivity index (χ2n) is 5.80. The summed E-state index contributed by atoms with van der Waals surface area (Å²) in [5.41, 5.74) is 6.36. The molecule has 2 heteroatoms. The number of hydrogen-bond donors (Lipinski definition) is 1. The Morgan fingerprint density at radius 2 is 1.61 bits per heavy atom. The van der Waals surface area contributed by atoms with E-state index in [0.717, 1.165) is 12.5 Å². The quantitative estimate of drug-likeness (QED) is 0.857. The molecule has 1 N–H and O–H groups in total. The number of hydrazine groups is 1. The zero-order valence-electron chi connectivity index (χ0n) is 11.8. The Morgan fingerprint density at radius 3 is 2.22 bits per heavy atom. The smallest absolute Gasteiger partial charge is 0.0353 e. The van der Waals surface area contributed by atoms with Crippen LogP contribution in [0.4, 0.5) is 0 Å². The van der Waals surface area contributed by atoms with E-state index in [1.54, 1.807) is 0 Å². The normalized spacial score (nSPS) is 17.3. The summed E-state index contributed by atoms with van der Waals surface area (Å²) < 4.78 is 0. The summed E-state index contributed by atoms with van der Waals surface area (Å²) in [5, 5.41) is 2.37. The first-order chi connectivity index (χ1) is 8.74. The monoisotopic (exact) mass is 246 g/mol. The maximum Gasteiger partial charge on any atom is 0.0353 e. The van der Waals surface area contributed by atoms with Crippen LogP contribution in [-0.2, 0) is 13.0 Å². The third kappa shape index (κ3) is 4.43. The van der Waals surface area contributed by atoms with Crippen LogP contribution in [0.2, 0.25) is 0 Å². The zero-order chi connectivity index (χ0) is 12.8. The lowest BCUT2D eigenvalue weighted by atomic mass is 10.0. The van der Waals surface area contributed by atoms with Gasteiger partial charge < -0.3 is 0 Å². The fourth-order valence-electron chi connectivity index (χ4n) is 2.52. The lowest BCUT2D eigenvalue weighted by Gasteiger charge is -2.27. The van der Waals surface area contributed by atoms with Gasteiger partial charge in [-0.3, -0.25) is 5.43 Å². The van der Waals surface area contributed by atoms with Crippen molar-refractivity contribution in [3.63, 3.8) is 0 Å². The molecule has 0 bridgehead atoms. The molecule has 0 unspecified atom stereocenters. The standard InChI is InChI=1S/C16H26N2/c1-14(2)12-15-6-8-16(9-7-15)13-17-18-10-4-3-5-11-18/h6-9,14,17H,3-5,10-13H2,1-2H3. The first-order valence-electron chi connectivity index (χ1n) is 7.30. The van der Waals surface area contributed by atoms with Crippen molar-refractivity contribution in [1.82, 2.24) is 10.4 Å². The summed E-state index contributed by atoms with van der Waals surface area (Å²) in [6.07, 6.45) is 5.24. The van der Waals surface area contributed by atoms with Crippen molar-refractivity contribution in [3.05, 3.63) is 35.4 Å². The van der Waals surface area contributed by atoms with E-state index in [1.807, 2.05) is 0 Å². The van der Waals surface area contributed by atoms with Crippen molar-refractivity contribution in [2.45, 2.75) is 46.1 Å². The molecule has 1 aliphatic heterocycles. The van der Waals surface area contributed by atoms with Gasteiger partial charge in [0.25, 0.3) is 0 Å². The van der Waals surface area contributed by atoms with Crippen LogP contribution in [0.3, 0.4) is 0 Å². The van der Waals surface area contributed by atoms with Crippen LogP contribution in [0.25, 0.3) is 0 Å². The lowest BCUT2D eigenvalue weighted by molar-refractivity contribution is 0.151. The number of benzene rings is 1. The molecule has 0 aliphatic carbocycles. The van der Waals surface area contributed by atoms with E-state index in [9.17, 15) is 0 Å². The maximum absolute atomic E-state index is 3.53. The van der Waals surface area contributed by atoms with Crippen LogP contribution in [0.1, 0.15) is 44.2 Å². The van der Waals surface area contributed by atoms with Crippen molar-refractivity contribution >= 4 is 0 Å². The van der Waals surface area contributed by atoms with Gasteiger partial charge in [-0.25, -0.2) is 5.01 Å². The molecule has 0 aromatic heterocycles. The van der Waals surface area contributed by atoms with Crippen LogP contribution in [0.5, 0.6) is 0 Å². The average Bonchev–Trinajstić information content (AvgIpc) is 2.38. The minimum atomic E-state index is 0.738. The second kappa shape index (κ2) is 6.91. The lowest BCUT2D eigenvalue weighted by Crippen LogP contribution is -2.41. The molecule has 1 fully saturated rings. The van der Waals surface area contributed by atoms with E-state index >= 15 is 0 Å². The van der Waals surface area contributed by atoms with Crippen LogP contribution >= 0.6 is 0 Å². The number of piperidine rings is 1. The highest BCUT2D eigenvalue weighted by atomic mass is 15.5. The molecule has 0 saturated carbocycles. The van der Waals surface area contributed by atoms with Crippen LogP contribution in [-0.4, -0.2) is 18.1 Å². The van der Waals surface area contributed by atoms with Gasteiger partial charge in [-0.1, -0.05) is 44.5 Å². The Kier molecular flexibility index (Phi) is 5.21. The molecule has 1 heterocycles. The van der Waals surface area contributed by atoms with Gasteiger partial charge in [0.1, 0.15) is 0 Å². The minimum absolute atomic E-state index is 0.738. The molecule has 18 heavy (non-hydrogen) atoms. The van der Waals surface area contributed by atoms with E-state index in [0.29, 0.717) is 0 Å². The molecule has 1 saturated heterocycles. The number of nitrogens with one attached hydrogen (secondary N) is 1. The first-order valence-corrected chi connectivity index (χ1v) is 7.30. The molecular weight excluding hydrogens is 220 g/mol.